The van der Waals surface area contributed by atoms with Gasteiger partial charge in [0.25, 0.3) is 11.8 Å². The van der Waals surface area contributed by atoms with E-state index in [1.807, 2.05) is 89.4 Å². The van der Waals surface area contributed by atoms with Crippen molar-refractivity contribution in [2.24, 2.45) is 5.92 Å². The molecule has 1 aliphatic rings. The van der Waals surface area contributed by atoms with E-state index < -0.39 is 0 Å². The zero-order valence-corrected chi connectivity index (χ0v) is 19.5. The summed E-state index contributed by atoms with van der Waals surface area (Å²) in [6.45, 7) is 2.26. The molecule has 2 heterocycles. The van der Waals surface area contributed by atoms with Crippen LogP contribution in [0.2, 0.25) is 0 Å². The minimum absolute atomic E-state index is 0.0265. The molecule has 1 aliphatic carbocycles. The van der Waals surface area contributed by atoms with Crippen molar-refractivity contribution in [3.8, 4) is 11.1 Å². The molecule has 33 heavy (non-hydrogen) atoms. The van der Waals surface area contributed by atoms with Gasteiger partial charge >= 0.3 is 0 Å². The summed E-state index contributed by atoms with van der Waals surface area (Å²) in [4.78, 5) is 33.7. The third kappa shape index (κ3) is 4.16. The standard InChI is InChI=1S/C26H26N4O2S/c1-17-23(30-14-15-33-26(30)28-17)24(31)27-16-22(19-12-13-19)29(2)25(32)21-11-7-6-10-20(21)18-8-4-3-5-9-18/h3-11,14-15,19,22H,12-13,16H2,1-2H3,(H,27,31)/t22-/m1/s1. The minimum atomic E-state index is -0.158. The van der Waals surface area contributed by atoms with Crippen molar-refractivity contribution in [1.82, 2.24) is 19.6 Å². The van der Waals surface area contributed by atoms with E-state index in [2.05, 4.69) is 10.3 Å². The predicted molar refractivity (Wildman–Crippen MR) is 131 cm³/mol. The Bertz CT molecular complexity index is 1310. The molecule has 0 unspecified atom stereocenters. The molecule has 6 nitrogen and oxygen atoms in total. The van der Waals surface area contributed by atoms with Gasteiger partial charge in [0, 0.05) is 30.7 Å². The highest BCUT2D eigenvalue weighted by Gasteiger charge is 2.37. The Hall–Kier alpha value is -3.45. The third-order valence-corrected chi connectivity index (χ3v) is 7.11. The number of carbonyl (C=O) groups is 2. The number of benzene rings is 2. The first-order chi connectivity index (χ1) is 16.0. The van der Waals surface area contributed by atoms with Crippen molar-refractivity contribution in [1.29, 1.82) is 0 Å². The van der Waals surface area contributed by atoms with Crippen LogP contribution in [0.5, 0.6) is 0 Å². The Morgan fingerprint density at radius 1 is 1.15 bits per heavy atom. The molecule has 0 saturated heterocycles. The molecule has 0 spiro atoms. The fourth-order valence-corrected chi connectivity index (χ4v) is 5.19. The highest BCUT2D eigenvalue weighted by Crippen LogP contribution is 2.36. The molecule has 0 aliphatic heterocycles. The fourth-order valence-electron chi connectivity index (χ4n) is 4.43. The second kappa shape index (κ2) is 8.83. The van der Waals surface area contributed by atoms with Gasteiger partial charge in [-0.05, 0) is 42.9 Å². The van der Waals surface area contributed by atoms with Crippen molar-refractivity contribution in [3.63, 3.8) is 0 Å². The van der Waals surface area contributed by atoms with E-state index in [1.54, 1.807) is 0 Å². The summed E-state index contributed by atoms with van der Waals surface area (Å²) in [7, 11) is 1.85. The van der Waals surface area contributed by atoms with Gasteiger partial charge in [0.2, 0.25) is 0 Å². The number of imidazole rings is 1. The molecule has 4 aromatic rings. The van der Waals surface area contributed by atoms with Crippen molar-refractivity contribution < 1.29 is 9.59 Å². The second-order valence-electron chi connectivity index (χ2n) is 8.54. The summed E-state index contributed by atoms with van der Waals surface area (Å²) < 4.78 is 1.83. The number of rotatable bonds is 7. The minimum Gasteiger partial charge on any atom is -0.349 e. The molecule has 2 aromatic heterocycles. The molecule has 5 rings (SSSR count). The van der Waals surface area contributed by atoms with Gasteiger partial charge in [-0.15, -0.1) is 11.3 Å². The molecule has 1 saturated carbocycles. The molecule has 2 amide bonds. The van der Waals surface area contributed by atoms with Crippen LogP contribution in [-0.2, 0) is 0 Å². The molecule has 1 atom stereocenters. The van der Waals surface area contributed by atoms with E-state index in [0.717, 1.165) is 28.9 Å². The predicted octanol–water partition coefficient (Wildman–Crippen LogP) is 4.65. The fraction of sp³-hybridized carbons (Fsp3) is 0.269. The lowest BCUT2D eigenvalue weighted by atomic mass is 9.98. The maximum Gasteiger partial charge on any atom is 0.270 e. The second-order valence-corrected chi connectivity index (χ2v) is 9.42. The van der Waals surface area contributed by atoms with E-state index in [0.29, 0.717) is 29.4 Å². The normalized spacial score (nSPS) is 14.2. The zero-order valence-electron chi connectivity index (χ0n) is 18.7. The van der Waals surface area contributed by atoms with Crippen LogP contribution in [0.25, 0.3) is 16.1 Å². The summed E-state index contributed by atoms with van der Waals surface area (Å²) in [5.41, 5.74) is 3.88. The lowest BCUT2D eigenvalue weighted by Gasteiger charge is -2.29. The molecule has 0 bridgehead atoms. The Morgan fingerprint density at radius 2 is 1.88 bits per heavy atom. The highest BCUT2D eigenvalue weighted by atomic mass is 32.1. The van der Waals surface area contributed by atoms with E-state index in [9.17, 15) is 9.59 Å². The molecule has 1 fully saturated rings. The van der Waals surface area contributed by atoms with Crippen LogP contribution < -0.4 is 5.32 Å². The highest BCUT2D eigenvalue weighted by molar-refractivity contribution is 7.15. The van der Waals surface area contributed by atoms with Gasteiger partial charge in [-0.1, -0.05) is 48.5 Å². The number of fused-ring (bicyclic) bond motifs is 1. The van der Waals surface area contributed by atoms with Crippen LogP contribution in [0.4, 0.5) is 0 Å². The number of aromatic nitrogens is 2. The monoisotopic (exact) mass is 458 g/mol. The number of amides is 2. The Labute approximate surface area is 196 Å². The van der Waals surface area contributed by atoms with Gasteiger partial charge in [-0.2, -0.15) is 0 Å². The molecular weight excluding hydrogens is 432 g/mol. The number of nitrogens with one attached hydrogen (secondary N) is 1. The van der Waals surface area contributed by atoms with Crippen LogP contribution >= 0.6 is 11.3 Å². The molecule has 7 heteroatoms. The lowest BCUT2D eigenvalue weighted by Crippen LogP contribution is -2.46. The van der Waals surface area contributed by atoms with Gasteiger partial charge in [-0.3, -0.25) is 14.0 Å². The maximum atomic E-state index is 13.6. The van der Waals surface area contributed by atoms with Crippen molar-refractivity contribution in [2.45, 2.75) is 25.8 Å². The molecule has 0 radical (unpaired) electrons. The number of nitrogens with zero attached hydrogens (tertiary/aromatic N) is 3. The van der Waals surface area contributed by atoms with Crippen molar-refractivity contribution in [3.05, 3.63) is 83.1 Å². The number of hydrogen-bond donors (Lipinski definition) is 1. The Balaban J connectivity index is 1.35. The summed E-state index contributed by atoms with van der Waals surface area (Å²) in [6, 6.07) is 17.6. The zero-order chi connectivity index (χ0) is 22.9. The van der Waals surface area contributed by atoms with Crippen LogP contribution in [0.1, 0.15) is 39.4 Å². The van der Waals surface area contributed by atoms with Crippen LogP contribution in [0, 0.1) is 12.8 Å². The van der Waals surface area contributed by atoms with E-state index in [-0.39, 0.29) is 17.9 Å². The first kappa shape index (κ1) is 21.4. The van der Waals surface area contributed by atoms with E-state index in [1.165, 1.54) is 11.3 Å². The number of aryl methyl sites for hydroxylation is 1. The number of thiazole rings is 1. The van der Waals surface area contributed by atoms with E-state index in [4.69, 9.17) is 0 Å². The van der Waals surface area contributed by atoms with Gasteiger partial charge in [0.05, 0.1) is 11.7 Å². The number of hydrogen-bond acceptors (Lipinski definition) is 4. The summed E-state index contributed by atoms with van der Waals surface area (Å²) in [5.74, 6) is 0.215. The summed E-state index contributed by atoms with van der Waals surface area (Å²) in [6.07, 6.45) is 4.00. The van der Waals surface area contributed by atoms with E-state index >= 15 is 0 Å². The third-order valence-electron chi connectivity index (χ3n) is 6.35. The smallest absolute Gasteiger partial charge is 0.270 e. The molecule has 168 valence electrons. The summed E-state index contributed by atoms with van der Waals surface area (Å²) >= 11 is 1.50. The maximum absolute atomic E-state index is 13.6. The molecule has 2 aromatic carbocycles. The number of likely N-dealkylation sites (N-methyl/N-ethyl adjacent to an activating group) is 1. The van der Waals surface area contributed by atoms with Gasteiger partial charge in [0.15, 0.2) is 4.96 Å². The van der Waals surface area contributed by atoms with Gasteiger partial charge < -0.3 is 10.2 Å². The topological polar surface area (TPSA) is 66.7 Å². The lowest BCUT2D eigenvalue weighted by molar-refractivity contribution is 0.0699. The molecular formula is C26H26N4O2S. The molecule has 1 N–H and O–H groups in total. The van der Waals surface area contributed by atoms with Crippen LogP contribution in [0.3, 0.4) is 0 Å². The van der Waals surface area contributed by atoms with Crippen molar-refractivity contribution in [2.75, 3.05) is 13.6 Å². The largest absolute Gasteiger partial charge is 0.349 e. The van der Waals surface area contributed by atoms with Crippen LogP contribution in [-0.4, -0.2) is 45.7 Å². The van der Waals surface area contributed by atoms with Crippen LogP contribution in [0.15, 0.2) is 66.2 Å². The van der Waals surface area contributed by atoms with Gasteiger partial charge in [0.1, 0.15) is 5.69 Å². The van der Waals surface area contributed by atoms with Gasteiger partial charge in [-0.25, -0.2) is 4.98 Å². The summed E-state index contributed by atoms with van der Waals surface area (Å²) in [5, 5.41) is 4.99. The first-order valence-corrected chi connectivity index (χ1v) is 12.0. The van der Waals surface area contributed by atoms with Crippen molar-refractivity contribution >= 4 is 28.1 Å². The Morgan fingerprint density at radius 3 is 2.64 bits per heavy atom. The quantitative estimate of drug-likeness (QED) is 0.438. The SMILES string of the molecule is Cc1nc2sccn2c1C(=O)NC[C@H](C1CC1)N(C)C(=O)c1ccccc1-c1ccccc1. The average Bonchev–Trinajstić information content (AvgIpc) is 3.49. The Kier molecular flexibility index (Phi) is 5.72. The number of carbonyl (C=O) groups excluding carboxylic acids is 2. The first-order valence-electron chi connectivity index (χ1n) is 11.2. The average molecular weight is 459 g/mol.